The van der Waals surface area contributed by atoms with Gasteiger partial charge in [-0.1, -0.05) is 226 Å². The summed E-state index contributed by atoms with van der Waals surface area (Å²) in [5.74, 6) is 1.82. The summed E-state index contributed by atoms with van der Waals surface area (Å²) in [7, 11) is 0. The van der Waals surface area contributed by atoms with Crippen LogP contribution >= 0.6 is 0 Å². The van der Waals surface area contributed by atoms with Gasteiger partial charge in [-0.05, 0) is 99.9 Å². The minimum Gasteiger partial charge on any atom is -0.507 e. The first-order chi connectivity index (χ1) is 48.8. The molecule has 8 atom stereocenters. The number of unbranched alkanes of at least 4 members (excludes halogenated alkanes) is 8. The number of phenolic OH excluding ortho intramolecular Hbond substituents is 4. The average molecular weight is 1350 g/mol. The molecule has 0 aromatic heterocycles. The fourth-order valence-corrected chi connectivity index (χ4v) is 17.1. The van der Waals surface area contributed by atoms with Crippen molar-refractivity contribution in [2.24, 2.45) is 0 Å². The lowest BCUT2D eigenvalue weighted by Gasteiger charge is -2.40. The van der Waals surface area contributed by atoms with Crippen LogP contribution in [0, 0.1) is 0 Å². The molecule has 12 nitrogen and oxygen atoms in total. The molecule has 8 bridgehead atoms. The minimum atomic E-state index is -0.421. The van der Waals surface area contributed by atoms with Gasteiger partial charge in [0.25, 0.3) is 0 Å². The fourth-order valence-electron chi connectivity index (χ4n) is 17.1. The number of ether oxygens (including phenoxy) is 4. The smallest absolute Gasteiger partial charge is 0.142 e. The molecule has 8 aromatic rings. The predicted octanol–water partition coefficient (Wildman–Crippen LogP) is 21.3. The molecule has 0 saturated carbocycles. The summed E-state index contributed by atoms with van der Waals surface area (Å²) in [5, 5.41) is 55.7. The first kappa shape index (κ1) is 70.4. The lowest BCUT2D eigenvalue weighted by Crippen LogP contribution is -2.36. The summed E-state index contributed by atoms with van der Waals surface area (Å²) in [5.41, 5.74) is 14.5. The Bertz CT molecular complexity index is 3550. The van der Waals surface area contributed by atoms with Crippen LogP contribution in [0.2, 0.25) is 0 Å². The van der Waals surface area contributed by atoms with Crippen molar-refractivity contribution in [1.29, 1.82) is 0 Å². The normalized spacial score (nSPS) is 19.7. The topological polar surface area (TPSA) is 131 Å². The van der Waals surface area contributed by atoms with Crippen LogP contribution in [0.25, 0.3) is 0 Å². The third-order valence-corrected chi connectivity index (χ3v) is 23.3. The van der Waals surface area contributed by atoms with Crippen LogP contribution in [0.1, 0.15) is 295 Å². The Labute approximate surface area is 595 Å². The van der Waals surface area contributed by atoms with Gasteiger partial charge in [-0.15, -0.1) is 0 Å². The van der Waals surface area contributed by atoms with Gasteiger partial charge < -0.3 is 39.4 Å². The number of benzene rings is 8. The maximum absolute atomic E-state index is 13.9. The van der Waals surface area contributed by atoms with Crippen molar-refractivity contribution in [3.05, 3.63) is 235 Å². The van der Waals surface area contributed by atoms with Crippen molar-refractivity contribution in [1.82, 2.24) is 19.6 Å². The first-order valence-corrected chi connectivity index (χ1v) is 38.0. The van der Waals surface area contributed by atoms with Gasteiger partial charge in [0, 0.05) is 119 Å². The second kappa shape index (κ2) is 31.9. The Kier molecular flexibility index (Phi) is 22.5. The number of aromatic hydroxyl groups is 4. The number of hydrogen-bond acceptors (Lipinski definition) is 12. The Balaban J connectivity index is 1.14. The van der Waals surface area contributed by atoms with Crippen LogP contribution in [0.15, 0.2) is 146 Å². The largest absolute Gasteiger partial charge is 0.507 e. The highest BCUT2D eigenvalue weighted by atomic mass is 16.5. The monoisotopic (exact) mass is 1350 g/mol. The van der Waals surface area contributed by atoms with Gasteiger partial charge in [0.05, 0.1) is 22.3 Å². The number of hydrogen-bond donors (Lipinski definition) is 4. The second-order valence-electron chi connectivity index (χ2n) is 29.5. The third-order valence-electron chi connectivity index (χ3n) is 23.3. The van der Waals surface area contributed by atoms with E-state index in [9.17, 15) is 20.4 Å². The van der Waals surface area contributed by atoms with Crippen LogP contribution in [-0.2, 0) is 26.2 Å². The molecule has 4 aliphatic heterocycles. The predicted molar refractivity (Wildman–Crippen MR) is 400 cm³/mol. The highest BCUT2D eigenvalue weighted by Crippen LogP contribution is 2.59. The Morgan fingerprint density at radius 3 is 0.690 bits per heavy atom. The molecule has 4 unspecified atom stereocenters. The molecule has 8 aromatic carbocycles. The molecule has 0 saturated heterocycles. The van der Waals surface area contributed by atoms with E-state index in [0.717, 1.165) is 166 Å². The molecule has 0 radical (unpaired) electrons. The molecular weight excluding hydrogens is 1240 g/mol. The summed E-state index contributed by atoms with van der Waals surface area (Å²) in [6.07, 6.45) is 14.1. The number of rotatable bonds is 24. The van der Waals surface area contributed by atoms with Gasteiger partial charge in [0.15, 0.2) is 0 Å². The zero-order valence-electron chi connectivity index (χ0n) is 60.7. The molecule has 12 heteroatoms. The summed E-state index contributed by atoms with van der Waals surface area (Å²) < 4.78 is 29.3. The molecule has 0 fully saturated rings. The van der Waals surface area contributed by atoms with E-state index in [-0.39, 0.29) is 47.2 Å². The number of nitrogens with zero attached hydrogens (tertiary/aromatic N) is 4. The molecule has 528 valence electrons. The van der Waals surface area contributed by atoms with Crippen molar-refractivity contribution < 1.29 is 39.4 Å². The van der Waals surface area contributed by atoms with Crippen LogP contribution in [0.4, 0.5) is 0 Å². The standard InChI is InChI=1S/C88H108N4O8/c1-9-13-21-41-65-69-45-74(86-77(81(69)93)49-89(54-98-86)57(5)61-33-25-17-26-34-61)67(43-23-15-11-3)71-47-76(88-79(83(71)95)51-91(56-100-88)59(7)63-37-29-19-30-38-63)68(44-24-16-12-4)72-48-75(87-80(84(72)96)52-92(55-99-87)60(8)64-39-31-20-32-40-64)66(42-22-14-10-2)70-46-73(65)85-78(82(70)94)50-90(53-97-85)58(6)62-35-27-18-28-36-62/h17-20,25-40,45-48,57-60,65-68,93-96H,9-16,21-24,41-44,49-56H2,1-8H3/t57-,58-,59-,60-,65?,66?,67?,68?/m1/s1. The molecule has 4 heterocycles. The van der Waals surface area contributed by atoms with Crippen LogP contribution < -0.4 is 18.9 Å². The highest BCUT2D eigenvalue weighted by molar-refractivity contribution is 5.69. The average Bonchev–Trinajstić information content (AvgIpc) is 0.728. The van der Waals surface area contributed by atoms with Crippen molar-refractivity contribution in [2.45, 2.75) is 232 Å². The molecular formula is C88H108N4O8. The van der Waals surface area contributed by atoms with E-state index in [0.29, 0.717) is 102 Å². The zero-order chi connectivity index (χ0) is 69.6. The van der Waals surface area contributed by atoms with Gasteiger partial charge in [-0.3, -0.25) is 19.6 Å². The summed E-state index contributed by atoms with van der Waals surface area (Å²) in [6, 6.07) is 51.2. The van der Waals surface area contributed by atoms with Crippen LogP contribution in [0.5, 0.6) is 46.0 Å². The molecule has 1 aliphatic carbocycles. The Morgan fingerprint density at radius 2 is 0.500 bits per heavy atom. The summed E-state index contributed by atoms with van der Waals surface area (Å²) in [4.78, 5) is 9.29. The van der Waals surface area contributed by atoms with E-state index in [2.05, 4.69) is 221 Å². The number of phenols is 4. The summed E-state index contributed by atoms with van der Waals surface area (Å²) in [6.45, 7) is 20.7. The molecule has 100 heavy (non-hydrogen) atoms. The van der Waals surface area contributed by atoms with Gasteiger partial charge in [-0.2, -0.15) is 0 Å². The van der Waals surface area contributed by atoms with Crippen LogP contribution in [-0.4, -0.2) is 66.9 Å². The van der Waals surface area contributed by atoms with E-state index >= 15 is 0 Å². The van der Waals surface area contributed by atoms with Gasteiger partial charge in [0.1, 0.15) is 72.9 Å². The molecule has 13 rings (SSSR count). The van der Waals surface area contributed by atoms with Gasteiger partial charge >= 0.3 is 0 Å². The fraction of sp³-hybridized carbons (Fsp3) is 0.455. The molecule has 5 aliphatic rings. The van der Waals surface area contributed by atoms with E-state index in [1.165, 1.54) is 0 Å². The maximum atomic E-state index is 13.9. The van der Waals surface area contributed by atoms with E-state index in [1.807, 2.05) is 0 Å². The Hall–Kier alpha value is -8.00. The second-order valence-corrected chi connectivity index (χ2v) is 29.5. The van der Waals surface area contributed by atoms with Crippen molar-refractivity contribution in [2.75, 3.05) is 26.9 Å². The van der Waals surface area contributed by atoms with Crippen molar-refractivity contribution in [3.63, 3.8) is 0 Å². The first-order valence-electron chi connectivity index (χ1n) is 38.0. The van der Waals surface area contributed by atoms with Crippen LogP contribution in [0.3, 0.4) is 0 Å². The van der Waals surface area contributed by atoms with E-state index in [1.54, 1.807) is 0 Å². The lowest BCUT2D eigenvalue weighted by atomic mass is 9.74. The lowest BCUT2D eigenvalue weighted by molar-refractivity contribution is 0.0582. The zero-order valence-corrected chi connectivity index (χ0v) is 60.7. The summed E-state index contributed by atoms with van der Waals surface area (Å²) >= 11 is 0. The molecule has 0 amide bonds. The van der Waals surface area contributed by atoms with Crippen molar-refractivity contribution >= 4 is 0 Å². The SMILES string of the molecule is CCCCCC1c2cc(c3c(c2O)CN([C@H](C)c2ccccc2)CO3)C(CCCCC)c2cc(c3c(c2O)CN([C@H](C)c2ccccc2)CO3)C(CCCCC)c2cc(c3c(c2O)CN([C@H](C)c2ccccc2)CO3)C(CCCCC)c2cc1c1c(c2O)CN([C@H](C)c2ccccc2)CO1. The van der Waals surface area contributed by atoms with E-state index in [4.69, 9.17) is 18.9 Å². The maximum Gasteiger partial charge on any atom is 0.142 e. The highest BCUT2D eigenvalue weighted by Gasteiger charge is 2.43. The minimum absolute atomic E-state index is 0.0465. The quantitative estimate of drug-likeness (QED) is 0.0430. The number of fused-ring (bicyclic) bond motifs is 16. The molecule has 0 spiro atoms. The Morgan fingerprint density at radius 1 is 0.300 bits per heavy atom. The third kappa shape index (κ3) is 14.2. The molecule has 4 N–H and O–H groups in total. The van der Waals surface area contributed by atoms with Gasteiger partial charge in [0.2, 0.25) is 0 Å². The van der Waals surface area contributed by atoms with E-state index < -0.39 is 23.7 Å². The van der Waals surface area contributed by atoms with Crippen molar-refractivity contribution in [3.8, 4) is 46.0 Å². The van der Waals surface area contributed by atoms with Gasteiger partial charge in [-0.25, -0.2) is 0 Å².